The predicted octanol–water partition coefficient (Wildman–Crippen LogP) is 3.48. The van der Waals surface area contributed by atoms with Gasteiger partial charge in [-0.1, -0.05) is 97.9 Å². The largest absolute Gasteiger partial charge is 0.537 e. The first-order chi connectivity index (χ1) is 11.8. The van der Waals surface area contributed by atoms with Crippen molar-refractivity contribution >= 4 is 34.4 Å². The van der Waals surface area contributed by atoms with Gasteiger partial charge in [-0.05, 0) is 15.9 Å². The van der Waals surface area contributed by atoms with E-state index in [4.69, 9.17) is 0 Å². The van der Waals surface area contributed by atoms with Gasteiger partial charge in [0.1, 0.15) is 0 Å². The van der Waals surface area contributed by atoms with Crippen molar-refractivity contribution in [3.63, 3.8) is 0 Å². The van der Waals surface area contributed by atoms with E-state index in [0.29, 0.717) is 6.42 Å². The van der Waals surface area contributed by atoms with Crippen molar-refractivity contribution in [3.8, 4) is 0 Å². The second kappa shape index (κ2) is 9.44. The molecule has 0 atom stereocenters. The summed E-state index contributed by atoms with van der Waals surface area (Å²) in [6.07, 6.45) is 2.68. The van der Waals surface area contributed by atoms with Crippen LogP contribution in [0.2, 0.25) is 0 Å². The molecule has 0 aromatic heterocycles. The molecular formula is C22H19OPY-2. The van der Waals surface area contributed by atoms with Crippen molar-refractivity contribution in [2.75, 3.05) is 0 Å². The first-order valence-corrected chi connectivity index (χ1v) is 9.72. The van der Waals surface area contributed by atoms with E-state index in [1.165, 1.54) is 0 Å². The molecule has 0 spiro atoms. The Kier molecular flexibility index (Phi) is 7.57. The van der Waals surface area contributed by atoms with E-state index in [9.17, 15) is 4.79 Å². The average molecular weight is 419 g/mol. The van der Waals surface area contributed by atoms with Gasteiger partial charge in [0.2, 0.25) is 0 Å². The quantitative estimate of drug-likeness (QED) is 0.457. The van der Waals surface area contributed by atoms with Gasteiger partial charge in [-0.2, -0.15) is 6.42 Å². The second-order valence-electron chi connectivity index (χ2n) is 5.48. The summed E-state index contributed by atoms with van der Waals surface area (Å²) in [5.41, 5.74) is 0. The van der Waals surface area contributed by atoms with E-state index < -0.39 is 6.89 Å². The first-order valence-electron chi connectivity index (χ1n) is 7.93. The van der Waals surface area contributed by atoms with Crippen LogP contribution in [0.5, 0.6) is 0 Å². The molecule has 0 aliphatic carbocycles. The van der Waals surface area contributed by atoms with Crippen LogP contribution in [-0.4, -0.2) is 11.6 Å². The maximum atomic E-state index is 11.9. The summed E-state index contributed by atoms with van der Waals surface area (Å²) in [7, 11) is 0. The van der Waals surface area contributed by atoms with Crippen molar-refractivity contribution in [1.82, 2.24) is 0 Å². The number of rotatable bonds is 5. The molecular weight excluding hydrogens is 400 g/mol. The van der Waals surface area contributed by atoms with E-state index >= 15 is 0 Å². The molecule has 0 aliphatic rings. The third kappa shape index (κ3) is 3.80. The van der Waals surface area contributed by atoms with Crippen LogP contribution in [0.25, 0.3) is 0 Å². The Morgan fingerprint density at radius 3 is 1.28 bits per heavy atom. The Morgan fingerprint density at radius 1 is 0.720 bits per heavy atom. The van der Waals surface area contributed by atoms with E-state index in [0.717, 1.165) is 21.2 Å². The standard InChI is InChI=1S/C22H19OP.Y/c1-2-19(18-23)24(20-12-6-3-7-13-20,21-14-8-4-9-15-21)22-16-10-5-11-17-22;/h3-17H,1-2H2;/q-2;. The average Bonchev–Trinajstić information content (AvgIpc) is 2.68. The summed E-state index contributed by atoms with van der Waals surface area (Å²) in [5.74, 6) is 0. The van der Waals surface area contributed by atoms with Crippen LogP contribution in [0.3, 0.4) is 0 Å². The van der Waals surface area contributed by atoms with E-state index in [1.807, 2.05) is 54.6 Å². The first kappa shape index (κ1) is 20.1. The topological polar surface area (TPSA) is 17.1 Å². The molecule has 0 fully saturated rings. The van der Waals surface area contributed by atoms with Crippen LogP contribution >= 0.6 is 6.89 Å². The SMILES string of the molecule is [CH2-]CC([C-]=O)=P(c1ccccc1)(c1ccccc1)c1ccccc1.[Y]. The zero-order chi connectivity index (χ0) is 16.8. The van der Waals surface area contributed by atoms with Crippen molar-refractivity contribution in [1.29, 1.82) is 0 Å². The van der Waals surface area contributed by atoms with Gasteiger partial charge in [0.05, 0.1) is 0 Å². The molecule has 1 radical (unpaired) electrons. The Bertz CT molecular complexity index is 755. The van der Waals surface area contributed by atoms with Crippen LogP contribution in [-0.2, 0) is 37.5 Å². The van der Waals surface area contributed by atoms with E-state index in [2.05, 4.69) is 49.6 Å². The predicted molar refractivity (Wildman–Crippen MR) is 106 cm³/mol. The summed E-state index contributed by atoms with van der Waals surface area (Å²) in [5, 5.41) is 4.21. The summed E-state index contributed by atoms with van der Waals surface area (Å²) in [6, 6.07) is 30.9. The Morgan fingerprint density at radius 2 is 1.04 bits per heavy atom. The molecule has 3 heteroatoms. The van der Waals surface area contributed by atoms with Crippen LogP contribution < -0.4 is 15.9 Å². The molecule has 0 heterocycles. The van der Waals surface area contributed by atoms with Gasteiger partial charge in [-0.15, -0.1) is 0 Å². The Balaban J connectivity index is 0.00000225. The summed E-state index contributed by atoms with van der Waals surface area (Å²) in [6.45, 7) is 1.79. The fourth-order valence-electron chi connectivity index (χ4n) is 3.16. The number of benzene rings is 3. The molecule has 0 saturated heterocycles. The third-order valence-corrected chi connectivity index (χ3v) is 8.53. The molecule has 0 saturated carbocycles. The zero-order valence-electron chi connectivity index (χ0n) is 14.0. The van der Waals surface area contributed by atoms with Gasteiger partial charge in [-0.3, -0.25) is 0 Å². The summed E-state index contributed by atoms with van der Waals surface area (Å²) < 4.78 is 0. The third-order valence-electron chi connectivity index (χ3n) is 4.19. The van der Waals surface area contributed by atoms with Crippen molar-refractivity contribution < 1.29 is 37.5 Å². The molecule has 0 bridgehead atoms. The number of carbonyl (C=O) groups excluding carboxylic acids is 1. The van der Waals surface area contributed by atoms with E-state index in [-0.39, 0.29) is 32.7 Å². The molecule has 3 rings (SSSR count). The van der Waals surface area contributed by atoms with Crippen molar-refractivity contribution in [3.05, 3.63) is 97.9 Å². The normalized spacial score (nSPS) is 10.6. The van der Waals surface area contributed by atoms with E-state index in [1.54, 1.807) is 0 Å². The second-order valence-corrected chi connectivity index (χ2v) is 8.91. The Hall–Kier alpha value is -1.27. The molecule has 0 unspecified atom stereocenters. The minimum Gasteiger partial charge on any atom is -0.537 e. The number of hydrogen-bond acceptors (Lipinski definition) is 1. The van der Waals surface area contributed by atoms with Gasteiger partial charge in [-0.25, -0.2) is 11.6 Å². The molecule has 1 nitrogen and oxygen atoms in total. The molecule has 0 N–H and O–H groups in total. The van der Waals surface area contributed by atoms with Gasteiger partial charge in [0.15, 0.2) is 0 Å². The van der Waals surface area contributed by atoms with Crippen molar-refractivity contribution in [2.45, 2.75) is 6.42 Å². The summed E-state index contributed by atoms with van der Waals surface area (Å²) in [4.78, 5) is 11.9. The van der Waals surface area contributed by atoms with Crippen LogP contribution in [0.15, 0.2) is 91.0 Å². The van der Waals surface area contributed by atoms with Crippen molar-refractivity contribution in [2.24, 2.45) is 0 Å². The van der Waals surface area contributed by atoms with Crippen LogP contribution in [0, 0.1) is 6.92 Å². The van der Waals surface area contributed by atoms with Gasteiger partial charge in [0.25, 0.3) is 0 Å². The fraction of sp³-hybridized carbons (Fsp3) is 0.0455. The van der Waals surface area contributed by atoms with Crippen LogP contribution in [0.1, 0.15) is 6.42 Å². The Labute approximate surface area is 175 Å². The molecule has 3 aromatic rings. The molecule has 0 aliphatic heterocycles. The summed E-state index contributed by atoms with van der Waals surface area (Å²) >= 11 is 0. The molecule has 0 amide bonds. The minimum atomic E-state index is -2.23. The van der Waals surface area contributed by atoms with Gasteiger partial charge < -0.3 is 11.7 Å². The van der Waals surface area contributed by atoms with Gasteiger partial charge >= 0.3 is 0 Å². The monoisotopic (exact) mass is 419 g/mol. The maximum absolute atomic E-state index is 11.9. The van der Waals surface area contributed by atoms with Crippen LogP contribution in [0.4, 0.5) is 0 Å². The smallest absolute Gasteiger partial charge is 0 e. The number of hydrogen-bond donors (Lipinski definition) is 0. The molecule has 123 valence electrons. The molecule has 3 aromatic carbocycles. The minimum absolute atomic E-state index is 0. The molecule has 25 heavy (non-hydrogen) atoms. The maximum Gasteiger partial charge on any atom is 0 e. The fourth-order valence-corrected chi connectivity index (χ4v) is 7.32. The zero-order valence-corrected chi connectivity index (χ0v) is 17.7. The van der Waals surface area contributed by atoms with Gasteiger partial charge in [0, 0.05) is 32.7 Å².